The minimum atomic E-state index is 0.800. The van der Waals surface area contributed by atoms with Gasteiger partial charge in [0.1, 0.15) is 0 Å². The Morgan fingerprint density at radius 1 is 0.842 bits per heavy atom. The van der Waals surface area contributed by atoms with E-state index in [1.807, 2.05) is 54.6 Å². The lowest BCUT2D eigenvalue weighted by molar-refractivity contribution is 1.23. The second-order valence-electron chi connectivity index (χ2n) is 4.06. The van der Waals surface area contributed by atoms with Crippen LogP contribution in [0.1, 0.15) is 0 Å². The topological polar surface area (TPSA) is 37.6 Å². The number of hydrogen-bond donors (Lipinski definition) is 0. The van der Waals surface area contributed by atoms with Gasteiger partial charge in [0.15, 0.2) is 0 Å². The highest BCUT2D eigenvalue weighted by atomic mass is 79.9. The van der Waals surface area contributed by atoms with Crippen molar-refractivity contribution in [1.29, 1.82) is 0 Å². The molecule has 0 saturated heterocycles. The molecule has 0 aliphatic carbocycles. The Morgan fingerprint density at radius 2 is 1.58 bits per heavy atom. The fourth-order valence-electron chi connectivity index (χ4n) is 1.74. The number of hydrogen-bond acceptors (Lipinski definition) is 3. The number of benzene rings is 2. The number of azo groups is 1. The minimum Gasteiger partial charge on any atom is -0.256 e. The summed E-state index contributed by atoms with van der Waals surface area (Å²) in [7, 11) is 0. The van der Waals surface area contributed by atoms with E-state index in [9.17, 15) is 0 Å². The van der Waals surface area contributed by atoms with E-state index >= 15 is 0 Å². The van der Waals surface area contributed by atoms with Crippen LogP contribution < -0.4 is 0 Å². The summed E-state index contributed by atoms with van der Waals surface area (Å²) in [4.78, 5) is 4.30. The zero-order valence-corrected chi connectivity index (χ0v) is 11.6. The van der Waals surface area contributed by atoms with Gasteiger partial charge >= 0.3 is 0 Å². The fourth-order valence-corrected chi connectivity index (χ4v) is 2.00. The monoisotopic (exact) mass is 311 g/mol. The molecule has 0 aliphatic heterocycles. The van der Waals surface area contributed by atoms with E-state index in [2.05, 4.69) is 31.1 Å². The second-order valence-corrected chi connectivity index (χ2v) is 4.97. The summed E-state index contributed by atoms with van der Waals surface area (Å²) >= 11 is 3.39. The van der Waals surface area contributed by atoms with Gasteiger partial charge in [0.05, 0.1) is 16.9 Å². The van der Waals surface area contributed by atoms with Gasteiger partial charge in [-0.25, -0.2) is 0 Å². The second kappa shape index (κ2) is 5.28. The third-order valence-corrected chi connectivity index (χ3v) is 3.23. The first-order valence-corrected chi connectivity index (χ1v) is 6.63. The van der Waals surface area contributed by atoms with E-state index < -0.39 is 0 Å². The lowest BCUT2D eigenvalue weighted by Gasteiger charge is -1.97. The summed E-state index contributed by atoms with van der Waals surface area (Å²) in [6, 6.07) is 17.5. The van der Waals surface area contributed by atoms with Gasteiger partial charge in [-0.3, -0.25) is 4.98 Å². The summed E-state index contributed by atoms with van der Waals surface area (Å²) in [5, 5.41) is 9.53. The Balaban J connectivity index is 1.90. The summed E-state index contributed by atoms with van der Waals surface area (Å²) in [5.41, 5.74) is 2.55. The highest BCUT2D eigenvalue weighted by Gasteiger charge is 1.96. The molecule has 92 valence electrons. The SMILES string of the molecule is Brc1ccc(N=Nc2ccc3cccnc3c2)cc1. The Kier molecular flexibility index (Phi) is 3.33. The minimum absolute atomic E-state index is 0.800. The molecule has 0 amide bonds. The van der Waals surface area contributed by atoms with Crippen molar-refractivity contribution in [1.82, 2.24) is 4.98 Å². The molecular weight excluding hydrogens is 302 g/mol. The molecule has 4 heteroatoms. The van der Waals surface area contributed by atoms with Gasteiger partial charge in [0, 0.05) is 16.1 Å². The maximum Gasteiger partial charge on any atom is 0.0879 e. The van der Waals surface area contributed by atoms with E-state index in [1.165, 1.54) is 0 Å². The van der Waals surface area contributed by atoms with E-state index in [0.29, 0.717) is 0 Å². The molecule has 0 unspecified atom stereocenters. The molecule has 3 rings (SSSR count). The molecule has 0 radical (unpaired) electrons. The molecule has 0 spiro atoms. The van der Waals surface area contributed by atoms with Gasteiger partial charge in [0.25, 0.3) is 0 Å². The summed E-state index contributed by atoms with van der Waals surface area (Å²) < 4.78 is 1.03. The molecule has 0 aliphatic rings. The van der Waals surface area contributed by atoms with E-state index in [0.717, 1.165) is 26.8 Å². The summed E-state index contributed by atoms with van der Waals surface area (Å²) in [6.45, 7) is 0. The molecule has 1 aromatic heterocycles. The average Bonchev–Trinajstić information content (AvgIpc) is 2.46. The molecule has 0 atom stereocenters. The van der Waals surface area contributed by atoms with Crippen molar-refractivity contribution in [2.24, 2.45) is 10.2 Å². The first kappa shape index (κ1) is 12.0. The number of rotatable bonds is 2. The number of pyridine rings is 1. The van der Waals surface area contributed by atoms with E-state index in [4.69, 9.17) is 0 Å². The Bertz CT molecular complexity index is 736. The van der Waals surface area contributed by atoms with Crippen LogP contribution in [0.3, 0.4) is 0 Å². The maximum absolute atomic E-state index is 4.30. The number of halogens is 1. The standard InChI is InChI=1S/C15H10BrN3/c16-12-4-7-13(8-5-12)18-19-14-6-3-11-2-1-9-17-15(11)10-14/h1-10H. The summed E-state index contributed by atoms with van der Waals surface area (Å²) in [6.07, 6.45) is 1.78. The highest BCUT2D eigenvalue weighted by Crippen LogP contribution is 2.23. The lowest BCUT2D eigenvalue weighted by atomic mass is 10.2. The largest absolute Gasteiger partial charge is 0.256 e. The number of nitrogens with zero attached hydrogens (tertiary/aromatic N) is 3. The third-order valence-electron chi connectivity index (χ3n) is 2.70. The van der Waals surface area contributed by atoms with Crippen LogP contribution in [0.5, 0.6) is 0 Å². The van der Waals surface area contributed by atoms with Crippen molar-refractivity contribution >= 4 is 38.2 Å². The van der Waals surface area contributed by atoms with E-state index in [-0.39, 0.29) is 0 Å². The van der Waals surface area contributed by atoms with Crippen LogP contribution in [0.15, 0.2) is 75.5 Å². The van der Waals surface area contributed by atoms with Crippen molar-refractivity contribution in [3.05, 3.63) is 65.3 Å². The van der Waals surface area contributed by atoms with Crippen LogP contribution in [0, 0.1) is 0 Å². The number of fused-ring (bicyclic) bond motifs is 1. The lowest BCUT2D eigenvalue weighted by Crippen LogP contribution is -1.75. The van der Waals surface area contributed by atoms with Crippen molar-refractivity contribution in [3.8, 4) is 0 Å². The van der Waals surface area contributed by atoms with Crippen LogP contribution >= 0.6 is 15.9 Å². The van der Waals surface area contributed by atoms with Crippen molar-refractivity contribution in [2.75, 3.05) is 0 Å². The predicted octanol–water partition coefficient (Wildman–Crippen LogP) is 5.41. The zero-order valence-electron chi connectivity index (χ0n) is 9.99. The Labute approximate surface area is 119 Å². The molecule has 1 heterocycles. The molecule has 0 N–H and O–H groups in total. The Hall–Kier alpha value is -2.07. The van der Waals surface area contributed by atoms with Crippen LogP contribution in [0.4, 0.5) is 11.4 Å². The van der Waals surface area contributed by atoms with Crippen molar-refractivity contribution in [3.63, 3.8) is 0 Å². The van der Waals surface area contributed by atoms with Crippen LogP contribution in [0.2, 0.25) is 0 Å². The van der Waals surface area contributed by atoms with Crippen LogP contribution in [-0.4, -0.2) is 4.98 Å². The average molecular weight is 312 g/mol. The Morgan fingerprint density at radius 3 is 2.42 bits per heavy atom. The number of aromatic nitrogens is 1. The smallest absolute Gasteiger partial charge is 0.0879 e. The first-order chi connectivity index (χ1) is 9.31. The van der Waals surface area contributed by atoms with Gasteiger partial charge in [-0.1, -0.05) is 28.1 Å². The fraction of sp³-hybridized carbons (Fsp3) is 0. The molecule has 0 saturated carbocycles. The van der Waals surface area contributed by atoms with Crippen LogP contribution in [-0.2, 0) is 0 Å². The van der Waals surface area contributed by atoms with Crippen molar-refractivity contribution < 1.29 is 0 Å². The van der Waals surface area contributed by atoms with Gasteiger partial charge in [0.2, 0.25) is 0 Å². The maximum atomic E-state index is 4.30. The third kappa shape index (κ3) is 2.85. The van der Waals surface area contributed by atoms with Gasteiger partial charge in [-0.2, -0.15) is 10.2 Å². The first-order valence-electron chi connectivity index (χ1n) is 5.83. The van der Waals surface area contributed by atoms with Gasteiger partial charge < -0.3 is 0 Å². The molecular formula is C15H10BrN3. The molecule has 2 aromatic carbocycles. The summed E-state index contributed by atoms with van der Waals surface area (Å²) in [5.74, 6) is 0. The van der Waals surface area contributed by atoms with Crippen LogP contribution in [0.25, 0.3) is 10.9 Å². The van der Waals surface area contributed by atoms with E-state index in [1.54, 1.807) is 6.20 Å². The van der Waals surface area contributed by atoms with Gasteiger partial charge in [-0.15, -0.1) is 0 Å². The molecule has 3 nitrogen and oxygen atoms in total. The van der Waals surface area contributed by atoms with Crippen molar-refractivity contribution in [2.45, 2.75) is 0 Å². The molecule has 3 aromatic rings. The predicted molar refractivity (Wildman–Crippen MR) is 80.1 cm³/mol. The zero-order chi connectivity index (χ0) is 13.1. The quantitative estimate of drug-likeness (QED) is 0.583. The molecule has 0 fully saturated rings. The van der Waals surface area contributed by atoms with Gasteiger partial charge in [-0.05, 0) is 42.5 Å². The highest BCUT2D eigenvalue weighted by molar-refractivity contribution is 9.10. The molecule has 19 heavy (non-hydrogen) atoms. The molecule has 0 bridgehead atoms. The normalized spacial score (nSPS) is 11.2.